The number of carbonyl (C=O) groups excluding carboxylic acids is 2. The Kier molecular flexibility index (Phi) is 10.7. The lowest BCUT2D eigenvalue weighted by molar-refractivity contribution is -0.137. The summed E-state index contributed by atoms with van der Waals surface area (Å²) in [6, 6.07) is 2.00. The van der Waals surface area contributed by atoms with Crippen LogP contribution in [0.2, 0.25) is 0 Å². The Morgan fingerprint density at radius 3 is 2.45 bits per heavy atom. The highest BCUT2D eigenvalue weighted by Crippen LogP contribution is 2.32. The number of carbonyl (C=O) groups is 2. The van der Waals surface area contributed by atoms with Gasteiger partial charge in [-0.3, -0.25) is 9.59 Å². The number of nitrogen functional groups attached to an aromatic ring is 1. The number of nitriles is 1. The lowest BCUT2D eigenvalue weighted by Crippen LogP contribution is -2.50. The van der Waals surface area contributed by atoms with Gasteiger partial charge in [0.2, 0.25) is 23.8 Å². The molecule has 1 atom stereocenters. The average molecular weight is 682 g/mol. The Morgan fingerprint density at radius 2 is 1.78 bits per heavy atom. The van der Waals surface area contributed by atoms with Gasteiger partial charge in [0.05, 0.1) is 31.4 Å². The van der Waals surface area contributed by atoms with E-state index in [1.807, 2.05) is 16.7 Å². The fourth-order valence-corrected chi connectivity index (χ4v) is 6.20. The van der Waals surface area contributed by atoms with E-state index in [1.165, 1.54) is 6.20 Å². The molecule has 262 valence electrons. The second-order valence-corrected chi connectivity index (χ2v) is 12.9. The molecule has 6 rings (SSSR count). The standard InChI is InChI=1S/C32H41F2N11O4/c1-20-17-48-13-12-45(20)32-40-28(24-16-37-30(36)38-26(24)27(33)34)39-31(41-32)44-10-8-42(9-11-44)25(46)19-49-18-22-4-6-43(7-5-22)29(47)23(15-35)14-21-2-3-21/h14,16,20-22,27H,2-13,17-19H2,1H3,(H2,36,37,38)/b23-14-/t20-/m0/s1. The molecular weight excluding hydrogens is 640 g/mol. The number of hydrogen-bond acceptors (Lipinski definition) is 13. The maximum absolute atomic E-state index is 14.0. The van der Waals surface area contributed by atoms with Gasteiger partial charge in [0.1, 0.15) is 23.9 Å². The summed E-state index contributed by atoms with van der Waals surface area (Å²) in [6.07, 6.45) is 3.66. The lowest BCUT2D eigenvalue weighted by Gasteiger charge is -2.36. The van der Waals surface area contributed by atoms with Crippen LogP contribution in [0.15, 0.2) is 17.8 Å². The predicted molar refractivity (Wildman–Crippen MR) is 173 cm³/mol. The minimum Gasteiger partial charge on any atom is -0.377 e. The van der Waals surface area contributed by atoms with Crippen LogP contribution in [0, 0.1) is 23.2 Å². The molecule has 2 aromatic rings. The van der Waals surface area contributed by atoms with Gasteiger partial charge in [0.25, 0.3) is 12.3 Å². The summed E-state index contributed by atoms with van der Waals surface area (Å²) in [5.74, 6) is 0.629. The molecule has 0 aromatic carbocycles. The number of allylic oxidation sites excluding steroid dienone is 1. The Labute approximate surface area is 283 Å². The van der Waals surface area contributed by atoms with Crippen LogP contribution < -0.4 is 15.5 Å². The highest BCUT2D eigenvalue weighted by atomic mass is 19.3. The molecule has 1 aliphatic carbocycles. The molecule has 3 saturated heterocycles. The first-order valence-corrected chi connectivity index (χ1v) is 16.7. The topological polar surface area (TPSA) is 180 Å². The number of ether oxygens (including phenoxy) is 2. The normalized spacial score (nSPS) is 20.9. The molecule has 49 heavy (non-hydrogen) atoms. The molecule has 15 nitrogen and oxygen atoms in total. The van der Waals surface area contributed by atoms with Crippen molar-refractivity contribution in [3.63, 3.8) is 0 Å². The number of alkyl halides is 2. The Morgan fingerprint density at radius 1 is 1.04 bits per heavy atom. The number of piperazine rings is 1. The van der Waals surface area contributed by atoms with E-state index in [4.69, 9.17) is 20.2 Å². The van der Waals surface area contributed by atoms with Crippen molar-refractivity contribution in [3.05, 3.63) is 23.5 Å². The van der Waals surface area contributed by atoms with E-state index in [0.717, 1.165) is 25.7 Å². The third-order valence-corrected chi connectivity index (χ3v) is 9.29. The molecule has 2 amide bonds. The number of anilines is 3. The smallest absolute Gasteiger partial charge is 0.281 e. The van der Waals surface area contributed by atoms with Gasteiger partial charge in [0.15, 0.2) is 5.82 Å². The lowest BCUT2D eigenvalue weighted by atomic mass is 9.97. The molecule has 4 aliphatic rings. The minimum atomic E-state index is -2.92. The Balaban J connectivity index is 1.04. The number of piperidine rings is 1. The van der Waals surface area contributed by atoms with Gasteiger partial charge in [-0.15, -0.1) is 0 Å². The fourth-order valence-electron chi connectivity index (χ4n) is 6.20. The van der Waals surface area contributed by atoms with Crippen LogP contribution in [0.4, 0.5) is 26.6 Å². The number of likely N-dealkylation sites (tertiary alicyclic amines) is 1. The zero-order valence-electron chi connectivity index (χ0n) is 27.5. The van der Waals surface area contributed by atoms with E-state index in [1.54, 1.807) is 15.9 Å². The summed E-state index contributed by atoms with van der Waals surface area (Å²) in [6.45, 7) is 6.54. The highest BCUT2D eigenvalue weighted by molar-refractivity contribution is 5.97. The van der Waals surface area contributed by atoms with Crippen molar-refractivity contribution in [1.82, 2.24) is 34.7 Å². The molecule has 3 aliphatic heterocycles. The number of hydrogen-bond donors (Lipinski definition) is 1. The molecule has 2 N–H and O–H groups in total. The molecule has 0 bridgehead atoms. The van der Waals surface area contributed by atoms with Crippen molar-refractivity contribution in [2.45, 2.75) is 45.1 Å². The molecule has 0 spiro atoms. The molecule has 1 saturated carbocycles. The van der Waals surface area contributed by atoms with Gasteiger partial charge in [-0.2, -0.15) is 20.2 Å². The van der Waals surface area contributed by atoms with E-state index >= 15 is 0 Å². The van der Waals surface area contributed by atoms with Crippen molar-refractivity contribution in [2.75, 3.05) is 87.8 Å². The van der Waals surface area contributed by atoms with Crippen LogP contribution in [0.3, 0.4) is 0 Å². The monoisotopic (exact) mass is 681 g/mol. The summed E-state index contributed by atoms with van der Waals surface area (Å²) >= 11 is 0. The molecular formula is C32H41F2N11O4. The zero-order chi connectivity index (χ0) is 34.5. The number of rotatable bonds is 10. The van der Waals surface area contributed by atoms with E-state index in [9.17, 15) is 23.6 Å². The van der Waals surface area contributed by atoms with Crippen LogP contribution in [-0.2, 0) is 19.1 Å². The molecule has 17 heteroatoms. The summed E-state index contributed by atoms with van der Waals surface area (Å²) in [5, 5.41) is 9.39. The molecule has 2 aromatic heterocycles. The molecule has 0 unspecified atom stereocenters. The largest absolute Gasteiger partial charge is 0.377 e. The van der Waals surface area contributed by atoms with Gasteiger partial charge >= 0.3 is 0 Å². The van der Waals surface area contributed by atoms with Gasteiger partial charge in [-0.05, 0) is 44.4 Å². The second-order valence-electron chi connectivity index (χ2n) is 12.9. The summed E-state index contributed by atoms with van der Waals surface area (Å²) in [7, 11) is 0. The first-order valence-electron chi connectivity index (χ1n) is 16.7. The Bertz CT molecular complexity index is 1590. The fraction of sp³-hybridized carbons (Fsp3) is 0.625. The third-order valence-electron chi connectivity index (χ3n) is 9.29. The van der Waals surface area contributed by atoms with Crippen molar-refractivity contribution in [1.29, 1.82) is 5.26 Å². The first-order chi connectivity index (χ1) is 23.7. The maximum atomic E-state index is 14.0. The van der Waals surface area contributed by atoms with Crippen molar-refractivity contribution in [2.24, 2.45) is 11.8 Å². The van der Waals surface area contributed by atoms with Crippen molar-refractivity contribution in [3.8, 4) is 17.5 Å². The van der Waals surface area contributed by atoms with Crippen molar-refractivity contribution < 1.29 is 27.8 Å². The average Bonchev–Trinajstić information content (AvgIpc) is 3.95. The maximum Gasteiger partial charge on any atom is 0.281 e. The van der Waals surface area contributed by atoms with Gasteiger partial charge in [0, 0.05) is 52.0 Å². The molecule has 5 heterocycles. The van der Waals surface area contributed by atoms with Crippen LogP contribution in [0.1, 0.15) is 44.7 Å². The number of halogens is 2. The number of nitrogens with two attached hydrogens (primary N) is 1. The van der Waals surface area contributed by atoms with Crippen LogP contribution in [-0.4, -0.2) is 125 Å². The van der Waals surface area contributed by atoms with Gasteiger partial charge < -0.3 is 34.8 Å². The predicted octanol–water partition coefficient (Wildman–Crippen LogP) is 1.84. The molecule has 4 fully saturated rings. The third kappa shape index (κ3) is 8.36. The SMILES string of the molecule is C[C@H]1COCCN1c1nc(-c2cnc(N)nc2C(F)F)nc(N2CCN(C(=O)COCC3CCN(C(=O)/C(C#N)=C\C4CC4)CC3)CC2)n1. The zero-order valence-corrected chi connectivity index (χ0v) is 27.5. The van der Waals surface area contributed by atoms with E-state index in [-0.39, 0.29) is 53.3 Å². The van der Waals surface area contributed by atoms with Crippen molar-refractivity contribution >= 4 is 29.7 Å². The molecule has 0 radical (unpaired) electrons. The first kappa shape index (κ1) is 34.3. The van der Waals surface area contributed by atoms with E-state index in [2.05, 4.69) is 26.0 Å². The quantitative estimate of drug-likeness (QED) is 0.284. The highest BCUT2D eigenvalue weighted by Gasteiger charge is 2.30. The Hall–Kier alpha value is -4.56. The summed E-state index contributed by atoms with van der Waals surface area (Å²) < 4.78 is 39.3. The number of aromatic nitrogens is 5. The van der Waals surface area contributed by atoms with E-state index in [0.29, 0.717) is 83.4 Å². The van der Waals surface area contributed by atoms with E-state index < -0.39 is 12.1 Å². The number of amides is 2. The summed E-state index contributed by atoms with van der Waals surface area (Å²) in [5.41, 5.74) is 5.25. The summed E-state index contributed by atoms with van der Waals surface area (Å²) in [4.78, 5) is 54.5. The van der Waals surface area contributed by atoms with Crippen LogP contribution in [0.25, 0.3) is 11.4 Å². The minimum absolute atomic E-state index is 0.0105. The number of nitrogens with zero attached hydrogens (tertiary/aromatic N) is 10. The van der Waals surface area contributed by atoms with Crippen LogP contribution in [0.5, 0.6) is 0 Å². The van der Waals surface area contributed by atoms with Gasteiger partial charge in [-0.25, -0.2) is 18.7 Å². The van der Waals surface area contributed by atoms with Gasteiger partial charge in [-0.1, -0.05) is 6.08 Å². The van der Waals surface area contributed by atoms with Crippen LogP contribution >= 0.6 is 0 Å². The number of morpholine rings is 1. The second kappa shape index (κ2) is 15.3.